The lowest BCUT2D eigenvalue weighted by Gasteiger charge is -2.36. The number of carbonyl (C=O) groups excluding carboxylic acids is 2. The van der Waals surface area contributed by atoms with Gasteiger partial charge in [0.1, 0.15) is 5.82 Å². The highest BCUT2D eigenvalue weighted by atomic mass is 16.2. The number of benzene rings is 3. The fourth-order valence-electron chi connectivity index (χ4n) is 4.78. The zero-order valence-electron chi connectivity index (χ0n) is 23.5. The summed E-state index contributed by atoms with van der Waals surface area (Å²) in [5, 5.41) is 10.7. The molecule has 40 heavy (non-hydrogen) atoms. The number of hydrogen-bond acceptors (Lipinski definition) is 4. The Morgan fingerprint density at radius 3 is 2.33 bits per heavy atom. The number of aromatic nitrogens is 2. The van der Waals surface area contributed by atoms with E-state index in [1.54, 1.807) is 4.68 Å². The first-order valence-corrected chi connectivity index (χ1v) is 13.6. The van der Waals surface area contributed by atoms with Gasteiger partial charge in [0.25, 0.3) is 0 Å². The minimum absolute atomic E-state index is 0.152. The van der Waals surface area contributed by atoms with E-state index in [1.807, 2.05) is 96.8 Å². The molecule has 1 saturated heterocycles. The molecule has 0 unspecified atom stereocenters. The second-order valence-corrected chi connectivity index (χ2v) is 11.2. The van der Waals surface area contributed by atoms with E-state index in [0.29, 0.717) is 31.1 Å². The Kier molecular flexibility index (Phi) is 7.71. The summed E-state index contributed by atoms with van der Waals surface area (Å²) >= 11 is 0. The third kappa shape index (κ3) is 6.24. The minimum Gasteiger partial charge on any atom is -0.308 e. The lowest BCUT2D eigenvalue weighted by molar-refractivity contribution is -0.121. The number of carbonyl (C=O) groups is 2. The van der Waals surface area contributed by atoms with Crippen molar-refractivity contribution in [2.24, 2.45) is 0 Å². The molecule has 4 aromatic rings. The molecule has 1 aliphatic rings. The van der Waals surface area contributed by atoms with Crippen LogP contribution in [0.5, 0.6) is 0 Å². The maximum Gasteiger partial charge on any atom is 0.324 e. The van der Waals surface area contributed by atoms with Gasteiger partial charge in [0.15, 0.2) is 0 Å². The molecule has 1 aromatic heterocycles. The van der Waals surface area contributed by atoms with Crippen molar-refractivity contribution < 1.29 is 9.59 Å². The molecule has 0 bridgehead atoms. The van der Waals surface area contributed by atoms with E-state index in [-0.39, 0.29) is 17.4 Å². The topological polar surface area (TPSA) is 82.5 Å². The van der Waals surface area contributed by atoms with Crippen LogP contribution in [0.1, 0.15) is 44.0 Å². The first-order chi connectivity index (χ1) is 19.2. The van der Waals surface area contributed by atoms with Crippen LogP contribution >= 0.6 is 0 Å². The summed E-state index contributed by atoms with van der Waals surface area (Å²) in [6.07, 6.45) is 0.491. The van der Waals surface area contributed by atoms with E-state index in [0.717, 1.165) is 34.7 Å². The van der Waals surface area contributed by atoms with Crippen molar-refractivity contribution in [3.63, 3.8) is 0 Å². The maximum atomic E-state index is 12.9. The van der Waals surface area contributed by atoms with Crippen LogP contribution in [-0.4, -0.2) is 39.8 Å². The molecular weight excluding hydrogens is 500 g/mol. The zero-order chi connectivity index (χ0) is 28.3. The van der Waals surface area contributed by atoms with Gasteiger partial charge in [-0.25, -0.2) is 9.48 Å². The van der Waals surface area contributed by atoms with Crippen molar-refractivity contribution in [2.45, 2.75) is 46.1 Å². The Balaban J connectivity index is 1.23. The molecule has 8 nitrogen and oxygen atoms in total. The SMILES string of the molecule is Cc1ccccc1N1CN(Cc2ccc(NC(=O)Nc3cc(C(C)(C)C)nn3-c3ccccc3)cc2)CCC1=O. The third-order valence-corrected chi connectivity index (χ3v) is 7.03. The predicted octanol–water partition coefficient (Wildman–Crippen LogP) is 6.32. The van der Waals surface area contributed by atoms with Crippen LogP contribution in [0.2, 0.25) is 0 Å². The minimum atomic E-state index is -0.339. The highest BCUT2D eigenvalue weighted by molar-refractivity contribution is 5.99. The van der Waals surface area contributed by atoms with E-state index >= 15 is 0 Å². The quantitative estimate of drug-likeness (QED) is 0.302. The van der Waals surface area contributed by atoms with Gasteiger partial charge in [-0.3, -0.25) is 19.9 Å². The Morgan fingerprint density at radius 2 is 1.62 bits per heavy atom. The summed E-state index contributed by atoms with van der Waals surface area (Å²) in [7, 11) is 0. The molecule has 1 aliphatic heterocycles. The molecule has 3 amide bonds. The van der Waals surface area contributed by atoms with Crippen LogP contribution in [0, 0.1) is 6.92 Å². The van der Waals surface area contributed by atoms with Gasteiger partial charge < -0.3 is 5.32 Å². The van der Waals surface area contributed by atoms with Gasteiger partial charge >= 0.3 is 6.03 Å². The third-order valence-electron chi connectivity index (χ3n) is 7.03. The number of para-hydroxylation sites is 2. The standard InChI is InChI=1S/C32H36N6O2/c1-23-10-8-9-13-27(23)37-22-36(19-18-30(37)39)21-24-14-16-25(17-15-24)33-31(40)34-29-20-28(32(2,3)4)35-38(29)26-11-6-5-7-12-26/h5-17,20H,18-19,21-22H2,1-4H3,(H2,33,34,40). The fourth-order valence-corrected chi connectivity index (χ4v) is 4.78. The number of urea groups is 1. The van der Waals surface area contributed by atoms with Crippen LogP contribution in [0.15, 0.2) is 84.9 Å². The molecular formula is C32H36N6O2. The first-order valence-electron chi connectivity index (χ1n) is 13.6. The molecule has 0 atom stereocenters. The number of nitrogens with one attached hydrogen (secondary N) is 2. The number of nitrogens with zero attached hydrogens (tertiary/aromatic N) is 4. The van der Waals surface area contributed by atoms with Crippen molar-refractivity contribution in [1.82, 2.24) is 14.7 Å². The van der Waals surface area contributed by atoms with Crippen LogP contribution in [-0.2, 0) is 16.8 Å². The summed E-state index contributed by atoms with van der Waals surface area (Å²) in [5.74, 6) is 0.752. The predicted molar refractivity (Wildman–Crippen MR) is 160 cm³/mol. The van der Waals surface area contributed by atoms with Crippen molar-refractivity contribution in [3.8, 4) is 5.69 Å². The molecule has 0 spiro atoms. The Labute approximate surface area is 235 Å². The number of hydrogen-bond donors (Lipinski definition) is 2. The van der Waals surface area contributed by atoms with E-state index in [9.17, 15) is 9.59 Å². The van der Waals surface area contributed by atoms with Gasteiger partial charge in [-0.05, 0) is 48.4 Å². The molecule has 2 heterocycles. The van der Waals surface area contributed by atoms with Gasteiger partial charge in [-0.15, -0.1) is 0 Å². The van der Waals surface area contributed by atoms with Crippen molar-refractivity contribution in [1.29, 1.82) is 0 Å². The molecule has 8 heteroatoms. The van der Waals surface area contributed by atoms with Crippen LogP contribution < -0.4 is 15.5 Å². The second kappa shape index (κ2) is 11.4. The van der Waals surface area contributed by atoms with Gasteiger partial charge in [-0.1, -0.05) is 69.3 Å². The van der Waals surface area contributed by atoms with E-state index in [4.69, 9.17) is 5.10 Å². The molecule has 5 rings (SSSR count). The highest BCUT2D eigenvalue weighted by Gasteiger charge is 2.26. The van der Waals surface area contributed by atoms with Crippen LogP contribution in [0.25, 0.3) is 5.69 Å². The summed E-state index contributed by atoms with van der Waals surface area (Å²) in [5.41, 5.74) is 5.45. The summed E-state index contributed by atoms with van der Waals surface area (Å²) < 4.78 is 1.76. The summed E-state index contributed by atoms with van der Waals surface area (Å²) in [6.45, 7) is 10.3. The van der Waals surface area contributed by atoms with Gasteiger partial charge in [0, 0.05) is 42.4 Å². The molecule has 206 valence electrons. The summed E-state index contributed by atoms with van der Waals surface area (Å²) in [4.78, 5) is 29.7. The molecule has 2 N–H and O–H groups in total. The average molecular weight is 537 g/mol. The largest absolute Gasteiger partial charge is 0.324 e. The monoisotopic (exact) mass is 536 g/mol. The highest BCUT2D eigenvalue weighted by Crippen LogP contribution is 2.27. The first kappa shape index (κ1) is 27.1. The Morgan fingerprint density at radius 1 is 0.925 bits per heavy atom. The van der Waals surface area contributed by atoms with Gasteiger partial charge in [-0.2, -0.15) is 5.10 Å². The molecule has 0 aliphatic carbocycles. The zero-order valence-corrected chi connectivity index (χ0v) is 23.5. The average Bonchev–Trinajstić information content (AvgIpc) is 3.36. The Hall–Kier alpha value is -4.43. The molecule has 1 fully saturated rings. The van der Waals surface area contributed by atoms with Crippen LogP contribution in [0.4, 0.5) is 22.0 Å². The number of anilines is 3. The van der Waals surface area contributed by atoms with Crippen molar-refractivity contribution >= 4 is 29.1 Å². The smallest absolute Gasteiger partial charge is 0.308 e. The van der Waals surface area contributed by atoms with Gasteiger partial charge in [0.05, 0.1) is 18.1 Å². The fraction of sp³-hybridized carbons (Fsp3) is 0.281. The van der Waals surface area contributed by atoms with Crippen molar-refractivity contribution in [3.05, 3.63) is 102 Å². The van der Waals surface area contributed by atoms with Crippen LogP contribution in [0.3, 0.4) is 0 Å². The lowest BCUT2D eigenvalue weighted by atomic mass is 9.92. The Bertz CT molecular complexity index is 1490. The second-order valence-electron chi connectivity index (χ2n) is 11.2. The van der Waals surface area contributed by atoms with E-state index in [1.165, 1.54) is 0 Å². The van der Waals surface area contributed by atoms with E-state index in [2.05, 4.69) is 36.3 Å². The van der Waals surface area contributed by atoms with Crippen molar-refractivity contribution in [2.75, 3.05) is 28.7 Å². The molecule has 0 saturated carbocycles. The number of rotatable bonds is 6. The number of amides is 3. The normalized spacial score (nSPS) is 14.3. The maximum absolute atomic E-state index is 12.9. The summed E-state index contributed by atoms with van der Waals surface area (Å²) in [6, 6.07) is 27.1. The van der Waals surface area contributed by atoms with E-state index < -0.39 is 0 Å². The molecule has 0 radical (unpaired) electrons. The molecule has 3 aromatic carbocycles. The van der Waals surface area contributed by atoms with Gasteiger partial charge in [0.2, 0.25) is 5.91 Å². The number of aryl methyl sites for hydroxylation is 1. The lowest BCUT2D eigenvalue weighted by Crippen LogP contribution is -2.48.